The number of ether oxygens (including phenoxy) is 1. The predicted octanol–water partition coefficient (Wildman–Crippen LogP) is 1.51. The van der Waals surface area contributed by atoms with Crippen molar-refractivity contribution in [2.75, 3.05) is 32.7 Å². The number of unbranched alkanes of at least 4 members (excludes halogenated alkanes) is 3. The van der Waals surface area contributed by atoms with Crippen molar-refractivity contribution >= 4 is 77.4 Å². The summed E-state index contributed by atoms with van der Waals surface area (Å²) in [5, 5.41) is 71.1. The molecule has 30 heteroatoms. The number of nitrogens with zero attached hydrogens (tertiary/aromatic N) is 4. The van der Waals surface area contributed by atoms with Gasteiger partial charge in [0.2, 0.25) is 41.4 Å². The van der Waals surface area contributed by atoms with Gasteiger partial charge in [-0.15, -0.1) is 5.10 Å². The van der Waals surface area contributed by atoms with Gasteiger partial charge in [0.15, 0.2) is 23.2 Å². The molecule has 30 nitrogen and oxygen atoms in total. The molecule has 512 valence electrons. The van der Waals surface area contributed by atoms with E-state index in [4.69, 9.17) is 16.2 Å². The summed E-state index contributed by atoms with van der Waals surface area (Å²) in [6.45, 7) is 0.364. The van der Waals surface area contributed by atoms with Crippen molar-refractivity contribution in [3.8, 4) is 17.2 Å². The zero-order chi connectivity index (χ0) is 68.9. The maximum atomic E-state index is 14.2. The van der Waals surface area contributed by atoms with Gasteiger partial charge in [0, 0.05) is 75.7 Å². The van der Waals surface area contributed by atoms with Crippen LogP contribution in [0.2, 0.25) is 0 Å². The Balaban J connectivity index is 0.909. The van der Waals surface area contributed by atoms with Crippen LogP contribution in [0.25, 0.3) is 12.2 Å². The van der Waals surface area contributed by atoms with Crippen LogP contribution in [0.5, 0.6) is 17.2 Å². The third-order valence-electron chi connectivity index (χ3n) is 15.8. The molecule has 1 aliphatic carbocycles. The number of carbonyl (C=O) groups is 10. The van der Waals surface area contributed by atoms with Gasteiger partial charge in [-0.2, -0.15) is 0 Å². The zero-order valence-electron chi connectivity index (χ0n) is 52.9. The van der Waals surface area contributed by atoms with E-state index < -0.39 is 120 Å². The number of aryl methyl sites for hydroxylation is 2. The second-order valence-corrected chi connectivity index (χ2v) is 23.1. The van der Waals surface area contributed by atoms with Gasteiger partial charge in [-0.3, -0.25) is 52.8 Å². The molecule has 9 amide bonds. The molecule has 6 unspecified atom stereocenters. The van der Waals surface area contributed by atoms with Crippen LogP contribution in [0.3, 0.4) is 0 Å². The Labute approximate surface area is 553 Å². The van der Waals surface area contributed by atoms with Gasteiger partial charge in [-0.1, -0.05) is 96.2 Å². The molecule has 1 fully saturated rings. The first-order valence-corrected chi connectivity index (χ1v) is 31.8. The molecule has 2 aliphatic rings. The lowest BCUT2D eigenvalue weighted by molar-refractivity contribution is -0.141. The van der Waals surface area contributed by atoms with Crippen LogP contribution >= 0.6 is 0 Å². The average molecular weight is 1330 g/mol. The highest BCUT2D eigenvalue weighted by Gasteiger charge is 2.34. The van der Waals surface area contributed by atoms with E-state index in [2.05, 4.69) is 63.2 Å². The SMILES string of the molecule is NC(N)=NCCCC1NC(=O)C(CCCCNC(=O)CCc2cn(CCCCC(NC(=O)OC3Cc4ccccc4C=Cc4ccccc43)C(=O)NCCCCNC(=O)c3cc(O)c(O)c(O)c3)nn2)NC(=O)C(Cc2ccccc2)NC(=O)C(CC(=O)O)NC(=O)CNC1=O. The highest BCUT2D eigenvalue weighted by molar-refractivity contribution is 5.98. The Hall–Kier alpha value is -11.1. The number of rotatable bonds is 30. The fourth-order valence-corrected chi connectivity index (χ4v) is 10.7. The number of hydrogen-bond acceptors (Lipinski definition) is 17. The normalized spacial score (nSPS) is 17.6. The number of alkyl carbamates (subject to hydrolysis) is 1. The predicted molar refractivity (Wildman–Crippen MR) is 350 cm³/mol. The van der Waals surface area contributed by atoms with Crippen molar-refractivity contribution in [2.24, 2.45) is 16.5 Å². The van der Waals surface area contributed by atoms with E-state index in [1.54, 1.807) is 41.2 Å². The summed E-state index contributed by atoms with van der Waals surface area (Å²) < 4.78 is 7.73. The number of carboxylic acids is 1. The van der Waals surface area contributed by atoms with Gasteiger partial charge < -0.3 is 84.5 Å². The lowest BCUT2D eigenvalue weighted by Crippen LogP contribution is -2.58. The van der Waals surface area contributed by atoms with Crippen LogP contribution < -0.4 is 59.3 Å². The molecular weight excluding hydrogens is 1240 g/mol. The van der Waals surface area contributed by atoms with Gasteiger partial charge in [-0.25, -0.2) is 4.79 Å². The molecule has 2 heterocycles. The van der Waals surface area contributed by atoms with Crippen molar-refractivity contribution in [3.05, 3.63) is 136 Å². The minimum Gasteiger partial charge on any atom is -0.504 e. The summed E-state index contributed by atoms with van der Waals surface area (Å²) in [4.78, 5) is 138. The Kier molecular flexibility index (Phi) is 27.9. The largest absolute Gasteiger partial charge is 0.504 e. The van der Waals surface area contributed by atoms with E-state index in [0.29, 0.717) is 56.3 Å². The van der Waals surface area contributed by atoms with Gasteiger partial charge in [0.05, 0.1) is 18.7 Å². The van der Waals surface area contributed by atoms with Crippen molar-refractivity contribution in [1.82, 2.24) is 62.8 Å². The minimum absolute atomic E-state index is 0.00305. The third-order valence-corrected chi connectivity index (χ3v) is 15.8. The number of aromatic hydroxyl groups is 3. The van der Waals surface area contributed by atoms with Gasteiger partial charge in [0.1, 0.15) is 36.3 Å². The number of phenols is 3. The number of aliphatic imine (C=N–C) groups is 1. The molecule has 1 aliphatic heterocycles. The van der Waals surface area contributed by atoms with Gasteiger partial charge in [-0.05, 0) is 98.6 Å². The van der Waals surface area contributed by atoms with Crippen molar-refractivity contribution in [1.29, 1.82) is 0 Å². The number of phenolic OH excluding ortho intramolecular Hbond substituents is 3. The fourth-order valence-electron chi connectivity index (χ4n) is 10.7. The number of hydrogen-bond donors (Lipinski definition) is 15. The van der Waals surface area contributed by atoms with E-state index in [0.717, 1.165) is 34.4 Å². The fraction of sp³-hybridized carbons (Fsp3) is 0.409. The number of nitrogens with one attached hydrogen (secondary N) is 9. The lowest BCUT2D eigenvalue weighted by atomic mass is 9.91. The van der Waals surface area contributed by atoms with Gasteiger partial charge in [0.25, 0.3) is 5.91 Å². The first-order chi connectivity index (χ1) is 46.2. The number of aliphatic carboxylic acids is 1. The van der Waals surface area contributed by atoms with Gasteiger partial charge >= 0.3 is 12.1 Å². The van der Waals surface area contributed by atoms with Crippen LogP contribution in [-0.4, -0.2) is 164 Å². The van der Waals surface area contributed by atoms with Crippen LogP contribution in [0.1, 0.15) is 127 Å². The minimum atomic E-state index is -1.64. The summed E-state index contributed by atoms with van der Waals surface area (Å²) in [6, 6.07) is 19.5. The molecular formula is C66H83N15O15. The third kappa shape index (κ3) is 23.5. The van der Waals surface area contributed by atoms with E-state index in [-0.39, 0.29) is 95.0 Å². The summed E-state index contributed by atoms with van der Waals surface area (Å²) in [5.41, 5.74) is 15.7. The van der Waals surface area contributed by atoms with Crippen molar-refractivity contribution in [3.63, 3.8) is 0 Å². The van der Waals surface area contributed by atoms with E-state index >= 15 is 0 Å². The number of aromatic nitrogens is 3. The molecule has 17 N–H and O–H groups in total. The van der Waals surface area contributed by atoms with Crippen molar-refractivity contribution < 1.29 is 73.1 Å². The lowest BCUT2D eigenvalue weighted by Gasteiger charge is -2.26. The van der Waals surface area contributed by atoms with E-state index in [1.807, 2.05) is 60.7 Å². The van der Waals surface area contributed by atoms with Crippen LogP contribution in [0, 0.1) is 0 Å². The summed E-state index contributed by atoms with van der Waals surface area (Å²) in [7, 11) is 0. The zero-order valence-corrected chi connectivity index (χ0v) is 52.9. The second-order valence-electron chi connectivity index (χ2n) is 23.1. The first kappa shape index (κ1) is 72.4. The molecule has 5 aromatic rings. The highest BCUT2D eigenvalue weighted by Crippen LogP contribution is 2.35. The highest BCUT2D eigenvalue weighted by atomic mass is 16.6. The Bertz CT molecular complexity index is 3570. The molecule has 0 bridgehead atoms. The maximum absolute atomic E-state index is 14.2. The van der Waals surface area contributed by atoms with Crippen LogP contribution in [0.15, 0.2) is 102 Å². The number of carbonyl (C=O) groups excluding carboxylic acids is 9. The molecule has 0 radical (unpaired) electrons. The number of benzene rings is 4. The number of amides is 9. The first-order valence-electron chi connectivity index (χ1n) is 31.8. The maximum Gasteiger partial charge on any atom is 0.408 e. The Morgan fingerprint density at radius 1 is 0.688 bits per heavy atom. The molecule has 1 aromatic heterocycles. The van der Waals surface area contributed by atoms with Crippen LogP contribution in [-0.2, 0) is 68.9 Å². The molecule has 6 atom stereocenters. The quantitative estimate of drug-likeness (QED) is 0.0134. The molecule has 1 saturated heterocycles. The summed E-state index contributed by atoms with van der Waals surface area (Å²) >= 11 is 0. The molecule has 7 rings (SSSR count). The number of guanidine groups is 1. The number of nitrogens with two attached hydrogens (primary N) is 2. The van der Waals surface area contributed by atoms with E-state index in [1.165, 1.54) is 0 Å². The summed E-state index contributed by atoms with van der Waals surface area (Å²) in [6.07, 6.45) is 6.87. The number of carboxylic acid groups (broad SMARTS) is 1. The second kappa shape index (κ2) is 37.0. The standard InChI is InChI=1S/C66H83N15O15/c67-65(68)72-31-14-23-47-61(91)73-38-56(85)74-51(37-57(86)87)64(94)77-50(33-40-15-2-1-3-16-40)63(93)76-49(62(92)75-47)21-8-10-28-69-55(84)27-26-45-39-81(80-79-45)32-13-9-22-48(60(90)71-30-12-11-29-70-59(89)44-34-52(82)58(88)53(83)35-44)78-66(95)96-54-36-43-19-5-4-17-41(43)24-25-42-18-6-7-20-46(42)54/h1-7,15-20,24-25,34-35,39,47-51,54,82-83,88H,8-14,21-23,26-33,36-38H2,(H,69,84)(H,70,89)(H,71,90)(H,73,91)(H,74,85)(H,75,92)(H,76,93)(H,77,94)(H,78,95)(H,86,87)(H4,67,68,72). The Morgan fingerprint density at radius 3 is 2.05 bits per heavy atom. The average Bonchev–Trinajstić information content (AvgIpc) is 0.919. The molecule has 0 saturated carbocycles. The summed E-state index contributed by atoms with van der Waals surface area (Å²) in [5.74, 6) is -9.28. The van der Waals surface area contributed by atoms with Crippen LogP contribution in [0.4, 0.5) is 4.79 Å². The smallest absolute Gasteiger partial charge is 0.408 e. The Morgan fingerprint density at radius 2 is 1.31 bits per heavy atom. The number of fused-ring (bicyclic) bond motifs is 2. The molecule has 96 heavy (non-hydrogen) atoms. The topological polar surface area (TPSA) is 464 Å². The van der Waals surface area contributed by atoms with Crippen molar-refractivity contribution in [2.45, 2.75) is 139 Å². The molecule has 0 spiro atoms. The molecule has 4 aromatic carbocycles. The monoisotopic (exact) mass is 1330 g/mol. The van der Waals surface area contributed by atoms with E-state index in [9.17, 15) is 68.4 Å².